The summed E-state index contributed by atoms with van der Waals surface area (Å²) in [5.41, 5.74) is 4.41. The largest absolute Gasteiger partial charge is 0.311 e. The Morgan fingerprint density at radius 3 is 2.75 bits per heavy atom. The molecule has 1 aliphatic rings. The SMILES string of the molecule is Cc1ccc(CN2CCc3c(nc(C)[nH]c3=O)C2)cc1. The number of aromatic nitrogens is 2. The Labute approximate surface area is 118 Å². The first-order valence-corrected chi connectivity index (χ1v) is 6.98. The van der Waals surface area contributed by atoms with Crippen LogP contribution < -0.4 is 5.56 Å². The highest BCUT2D eigenvalue weighted by molar-refractivity contribution is 5.23. The van der Waals surface area contributed by atoms with Crippen molar-refractivity contribution < 1.29 is 0 Å². The van der Waals surface area contributed by atoms with Crippen LogP contribution in [-0.4, -0.2) is 21.4 Å². The molecule has 1 aromatic heterocycles. The van der Waals surface area contributed by atoms with Gasteiger partial charge < -0.3 is 4.98 Å². The summed E-state index contributed by atoms with van der Waals surface area (Å²) >= 11 is 0. The van der Waals surface area contributed by atoms with E-state index in [1.165, 1.54) is 11.1 Å². The van der Waals surface area contributed by atoms with Gasteiger partial charge in [0.15, 0.2) is 0 Å². The Morgan fingerprint density at radius 2 is 2.00 bits per heavy atom. The fourth-order valence-electron chi connectivity index (χ4n) is 2.70. The van der Waals surface area contributed by atoms with Crippen molar-refractivity contribution in [3.05, 3.63) is 62.8 Å². The zero-order valence-corrected chi connectivity index (χ0v) is 11.9. The van der Waals surface area contributed by atoms with E-state index in [2.05, 4.69) is 46.1 Å². The van der Waals surface area contributed by atoms with Crippen LogP contribution in [0.2, 0.25) is 0 Å². The van der Waals surface area contributed by atoms with Crippen molar-refractivity contribution in [3.63, 3.8) is 0 Å². The molecular formula is C16H19N3O. The number of nitrogens with zero attached hydrogens (tertiary/aromatic N) is 2. The van der Waals surface area contributed by atoms with Crippen molar-refractivity contribution >= 4 is 0 Å². The summed E-state index contributed by atoms with van der Waals surface area (Å²) in [4.78, 5) is 21.5. The first kappa shape index (κ1) is 13.1. The zero-order valence-electron chi connectivity index (χ0n) is 11.9. The quantitative estimate of drug-likeness (QED) is 0.906. The lowest BCUT2D eigenvalue weighted by Crippen LogP contribution is -2.35. The summed E-state index contributed by atoms with van der Waals surface area (Å²) < 4.78 is 0. The number of aryl methyl sites for hydroxylation is 2. The summed E-state index contributed by atoms with van der Waals surface area (Å²) in [6.07, 6.45) is 0.782. The topological polar surface area (TPSA) is 49.0 Å². The lowest BCUT2D eigenvalue weighted by molar-refractivity contribution is 0.240. The van der Waals surface area contributed by atoms with Gasteiger partial charge in [0.1, 0.15) is 5.82 Å². The standard InChI is InChI=1S/C16H19N3O/c1-11-3-5-13(6-4-11)9-19-8-7-14-15(10-19)17-12(2)18-16(14)20/h3-6H,7-10H2,1-2H3,(H,17,18,20). The van der Waals surface area contributed by atoms with Gasteiger partial charge in [-0.1, -0.05) is 29.8 Å². The van der Waals surface area contributed by atoms with Crippen molar-refractivity contribution in [2.24, 2.45) is 0 Å². The average molecular weight is 269 g/mol. The Morgan fingerprint density at radius 1 is 1.25 bits per heavy atom. The molecule has 1 aliphatic heterocycles. The third-order valence-corrected chi connectivity index (χ3v) is 3.80. The molecule has 0 amide bonds. The zero-order chi connectivity index (χ0) is 14.1. The number of H-pyrrole nitrogens is 1. The number of hydrogen-bond donors (Lipinski definition) is 1. The van der Waals surface area contributed by atoms with Crippen molar-refractivity contribution in [3.8, 4) is 0 Å². The molecule has 2 aromatic rings. The molecule has 0 saturated carbocycles. The van der Waals surface area contributed by atoms with Crippen LogP contribution in [0.15, 0.2) is 29.1 Å². The van der Waals surface area contributed by atoms with Gasteiger partial charge in [-0.05, 0) is 25.8 Å². The Kier molecular flexibility index (Phi) is 3.40. The van der Waals surface area contributed by atoms with E-state index < -0.39 is 0 Å². The van der Waals surface area contributed by atoms with E-state index in [0.717, 1.165) is 37.3 Å². The Bertz CT molecular complexity index is 673. The second kappa shape index (κ2) is 5.21. The van der Waals surface area contributed by atoms with Crippen molar-refractivity contribution in [2.45, 2.75) is 33.4 Å². The molecule has 104 valence electrons. The summed E-state index contributed by atoms with van der Waals surface area (Å²) in [5.74, 6) is 0.700. The molecule has 0 saturated heterocycles. The van der Waals surface area contributed by atoms with Crippen molar-refractivity contribution in [1.29, 1.82) is 0 Å². The van der Waals surface area contributed by atoms with Gasteiger partial charge >= 0.3 is 0 Å². The number of hydrogen-bond acceptors (Lipinski definition) is 3. The van der Waals surface area contributed by atoms with Gasteiger partial charge in [-0.2, -0.15) is 0 Å². The second-order valence-corrected chi connectivity index (χ2v) is 5.52. The highest BCUT2D eigenvalue weighted by atomic mass is 16.1. The van der Waals surface area contributed by atoms with E-state index in [4.69, 9.17) is 0 Å². The minimum Gasteiger partial charge on any atom is -0.311 e. The van der Waals surface area contributed by atoms with Crippen LogP contribution in [-0.2, 0) is 19.5 Å². The third-order valence-electron chi connectivity index (χ3n) is 3.80. The highest BCUT2D eigenvalue weighted by Gasteiger charge is 2.20. The third kappa shape index (κ3) is 2.65. The fraction of sp³-hybridized carbons (Fsp3) is 0.375. The van der Waals surface area contributed by atoms with Crippen molar-refractivity contribution in [1.82, 2.24) is 14.9 Å². The molecule has 20 heavy (non-hydrogen) atoms. The van der Waals surface area contributed by atoms with Gasteiger partial charge in [0.2, 0.25) is 0 Å². The molecule has 0 bridgehead atoms. The van der Waals surface area contributed by atoms with Crippen molar-refractivity contribution in [2.75, 3.05) is 6.54 Å². The number of fused-ring (bicyclic) bond motifs is 1. The molecule has 1 aromatic carbocycles. The maximum Gasteiger partial charge on any atom is 0.254 e. The molecule has 2 heterocycles. The van der Waals surface area contributed by atoms with Gasteiger partial charge in [0.25, 0.3) is 5.56 Å². The smallest absolute Gasteiger partial charge is 0.254 e. The number of aromatic amines is 1. The summed E-state index contributed by atoms with van der Waals surface area (Å²) in [6, 6.07) is 8.61. The van der Waals surface area contributed by atoms with Crippen LogP contribution in [0.4, 0.5) is 0 Å². The molecule has 0 aliphatic carbocycles. The lowest BCUT2D eigenvalue weighted by Gasteiger charge is -2.27. The first-order valence-electron chi connectivity index (χ1n) is 6.98. The van der Waals surface area contributed by atoms with E-state index in [-0.39, 0.29) is 5.56 Å². The normalized spacial score (nSPS) is 15.1. The van der Waals surface area contributed by atoms with E-state index in [0.29, 0.717) is 5.82 Å². The van der Waals surface area contributed by atoms with Gasteiger partial charge in [-0.25, -0.2) is 4.98 Å². The monoisotopic (exact) mass is 269 g/mol. The van der Waals surface area contributed by atoms with Crippen LogP contribution in [0.1, 0.15) is 28.2 Å². The van der Waals surface area contributed by atoms with Crippen LogP contribution >= 0.6 is 0 Å². The van der Waals surface area contributed by atoms with E-state index in [9.17, 15) is 4.79 Å². The molecule has 0 unspecified atom stereocenters. The van der Waals surface area contributed by atoms with Crippen LogP contribution in [0, 0.1) is 13.8 Å². The number of nitrogens with one attached hydrogen (secondary N) is 1. The van der Waals surface area contributed by atoms with Gasteiger partial charge in [-0.15, -0.1) is 0 Å². The van der Waals surface area contributed by atoms with E-state index in [1.807, 2.05) is 6.92 Å². The van der Waals surface area contributed by atoms with E-state index >= 15 is 0 Å². The molecular weight excluding hydrogens is 250 g/mol. The predicted molar refractivity (Wildman–Crippen MR) is 78.6 cm³/mol. The van der Waals surface area contributed by atoms with E-state index in [1.54, 1.807) is 0 Å². The van der Waals surface area contributed by atoms with Crippen LogP contribution in [0.25, 0.3) is 0 Å². The fourth-order valence-corrected chi connectivity index (χ4v) is 2.70. The minimum atomic E-state index is 0.0301. The van der Waals surface area contributed by atoms with Crippen LogP contribution in [0.3, 0.4) is 0 Å². The second-order valence-electron chi connectivity index (χ2n) is 5.52. The summed E-state index contributed by atoms with van der Waals surface area (Å²) in [7, 11) is 0. The molecule has 4 nitrogen and oxygen atoms in total. The molecule has 1 N–H and O–H groups in total. The van der Waals surface area contributed by atoms with Gasteiger partial charge in [0, 0.05) is 25.2 Å². The highest BCUT2D eigenvalue weighted by Crippen LogP contribution is 2.16. The maximum absolute atomic E-state index is 11.9. The molecule has 0 radical (unpaired) electrons. The van der Waals surface area contributed by atoms with Crippen LogP contribution in [0.5, 0.6) is 0 Å². The first-order chi connectivity index (χ1) is 9.61. The number of rotatable bonds is 2. The predicted octanol–water partition coefficient (Wildman–Crippen LogP) is 1.95. The molecule has 0 spiro atoms. The van der Waals surface area contributed by atoms with Gasteiger partial charge in [-0.3, -0.25) is 9.69 Å². The lowest BCUT2D eigenvalue weighted by atomic mass is 10.1. The molecule has 3 rings (SSSR count). The number of benzene rings is 1. The minimum absolute atomic E-state index is 0.0301. The Hall–Kier alpha value is -1.94. The van der Waals surface area contributed by atoms with Gasteiger partial charge in [0.05, 0.1) is 5.69 Å². The summed E-state index contributed by atoms with van der Waals surface area (Å²) in [6.45, 7) is 6.51. The Balaban J connectivity index is 1.78. The maximum atomic E-state index is 11.9. The molecule has 0 atom stereocenters. The molecule has 0 fully saturated rings. The summed E-state index contributed by atoms with van der Waals surface area (Å²) in [5, 5.41) is 0. The average Bonchev–Trinajstić information content (AvgIpc) is 2.41. The molecule has 4 heteroatoms.